The zero-order valence-corrected chi connectivity index (χ0v) is 26.5. The van der Waals surface area contributed by atoms with Crippen LogP contribution in [0.3, 0.4) is 0 Å². The Morgan fingerprint density at radius 2 is 1.68 bits per heavy atom. The van der Waals surface area contributed by atoms with E-state index >= 15 is 0 Å². The maximum atomic E-state index is 14.0. The van der Waals surface area contributed by atoms with Crippen molar-refractivity contribution in [2.45, 2.75) is 50.2 Å². The van der Waals surface area contributed by atoms with E-state index in [1.807, 2.05) is 59.5 Å². The van der Waals surface area contributed by atoms with Crippen molar-refractivity contribution < 1.29 is 18.0 Å². The molecule has 11 heteroatoms. The number of anilines is 1. The third-order valence-electron chi connectivity index (χ3n) is 8.55. The fraction of sp³-hybridized carbons (Fsp3) is 0.394. The molecule has 0 bridgehead atoms. The Morgan fingerprint density at radius 3 is 2.36 bits per heavy atom. The van der Waals surface area contributed by atoms with E-state index in [-0.39, 0.29) is 30.8 Å². The number of piperidine rings is 1. The van der Waals surface area contributed by atoms with Gasteiger partial charge in [-0.1, -0.05) is 66.2 Å². The predicted octanol–water partition coefficient (Wildman–Crippen LogP) is 3.21. The quantitative estimate of drug-likeness (QED) is 0.314. The molecule has 4 N–H and O–H groups in total. The highest BCUT2D eigenvalue weighted by atomic mass is 35.5. The molecule has 44 heavy (non-hydrogen) atoms. The number of likely N-dealkylation sites (tertiary alicyclic amines) is 1. The molecule has 2 atom stereocenters. The van der Waals surface area contributed by atoms with Crippen molar-refractivity contribution in [3.8, 4) is 0 Å². The molecule has 2 aliphatic heterocycles. The number of carbonyl (C=O) groups is 2. The number of para-hydroxylation sites is 1. The molecule has 3 aromatic rings. The maximum Gasteiger partial charge on any atom is 0.245 e. The first kappa shape index (κ1) is 32.0. The maximum absolute atomic E-state index is 14.0. The highest BCUT2D eigenvalue weighted by Crippen LogP contribution is 2.35. The Morgan fingerprint density at radius 1 is 1.02 bits per heavy atom. The zero-order valence-electron chi connectivity index (χ0n) is 24.9. The van der Waals surface area contributed by atoms with Crippen LogP contribution < -0.4 is 20.7 Å². The number of hydrogen-bond acceptors (Lipinski definition) is 6. The number of benzene rings is 3. The smallest absolute Gasteiger partial charge is 0.245 e. The van der Waals surface area contributed by atoms with Gasteiger partial charge >= 0.3 is 0 Å². The number of carbonyl (C=O) groups excluding carboxylic acids is 2. The number of sulfonamides is 1. The summed E-state index contributed by atoms with van der Waals surface area (Å²) in [5.74, 6) is -0.248. The van der Waals surface area contributed by atoms with Gasteiger partial charge in [0.15, 0.2) is 0 Å². The molecule has 2 heterocycles. The first-order valence-corrected chi connectivity index (χ1v) is 17.3. The van der Waals surface area contributed by atoms with Gasteiger partial charge in [-0.3, -0.25) is 13.9 Å². The minimum atomic E-state index is -3.51. The van der Waals surface area contributed by atoms with E-state index in [1.165, 1.54) is 16.1 Å². The average Bonchev–Trinajstić information content (AvgIpc) is 3.03. The number of rotatable bonds is 10. The summed E-state index contributed by atoms with van der Waals surface area (Å²) >= 11 is 6.10. The summed E-state index contributed by atoms with van der Waals surface area (Å²) in [5.41, 5.74) is 10.5. The summed E-state index contributed by atoms with van der Waals surface area (Å²) in [6.07, 6.45) is 3.44. The van der Waals surface area contributed by atoms with Crippen LogP contribution in [-0.4, -0.2) is 69.7 Å². The SMILES string of the molecule is CS(=O)(=O)N(CCN)c1ccccc1C1CCN(C(=O)C(Cc2ccc(Cl)cc2)NC(=O)C2Cc3ccccc3CN2)CC1. The molecule has 9 nitrogen and oxygen atoms in total. The molecular formula is C33H40ClN5O4S. The standard InChI is InChI=1S/C33H40ClN5O4S/c1-44(42,43)39(19-16-35)31-9-5-4-8-28(31)24-14-17-38(18-15-24)33(41)30(20-23-10-12-27(34)13-11-23)37-32(40)29-21-25-6-2-3-7-26(25)22-36-29/h2-13,24,29-30,36H,14-22,35H2,1H3,(H,37,40). The van der Waals surface area contributed by atoms with E-state index in [2.05, 4.69) is 16.7 Å². The second-order valence-corrected chi connectivity index (χ2v) is 13.9. The number of halogens is 1. The largest absolute Gasteiger partial charge is 0.343 e. The topological polar surface area (TPSA) is 125 Å². The number of fused-ring (bicyclic) bond motifs is 1. The summed E-state index contributed by atoms with van der Waals surface area (Å²) in [4.78, 5) is 29.3. The summed E-state index contributed by atoms with van der Waals surface area (Å²) in [7, 11) is -3.51. The van der Waals surface area contributed by atoms with Crippen LogP contribution in [0.4, 0.5) is 5.69 Å². The molecule has 0 aliphatic carbocycles. The van der Waals surface area contributed by atoms with Gasteiger partial charge in [-0.15, -0.1) is 0 Å². The lowest BCUT2D eigenvalue weighted by Crippen LogP contribution is -2.56. The van der Waals surface area contributed by atoms with Gasteiger partial charge in [-0.25, -0.2) is 8.42 Å². The summed E-state index contributed by atoms with van der Waals surface area (Å²) < 4.78 is 26.5. The monoisotopic (exact) mass is 637 g/mol. The van der Waals surface area contributed by atoms with Gasteiger partial charge in [0, 0.05) is 44.2 Å². The molecular weight excluding hydrogens is 598 g/mol. The van der Waals surface area contributed by atoms with Gasteiger partial charge in [0.1, 0.15) is 6.04 Å². The summed E-state index contributed by atoms with van der Waals surface area (Å²) in [6, 6.07) is 21.7. The molecule has 2 amide bonds. The number of nitrogens with two attached hydrogens (primary N) is 1. The molecule has 2 unspecified atom stereocenters. The molecule has 234 valence electrons. The van der Waals surface area contributed by atoms with Gasteiger partial charge in [-0.05, 0) is 65.6 Å². The normalized spacial score (nSPS) is 17.9. The molecule has 1 saturated heterocycles. The Balaban J connectivity index is 1.30. The van der Waals surface area contributed by atoms with E-state index < -0.39 is 22.1 Å². The fourth-order valence-corrected chi connectivity index (χ4v) is 7.33. The third kappa shape index (κ3) is 7.61. The first-order valence-electron chi connectivity index (χ1n) is 15.0. The van der Waals surface area contributed by atoms with Crippen LogP contribution in [0.2, 0.25) is 5.02 Å². The molecule has 0 saturated carbocycles. The van der Waals surface area contributed by atoms with Gasteiger partial charge < -0.3 is 21.3 Å². The van der Waals surface area contributed by atoms with Crippen molar-refractivity contribution in [1.29, 1.82) is 0 Å². The van der Waals surface area contributed by atoms with Gasteiger partial charge in [0.25, 0.3) is 0 Å². The van der Waals surface area contributed by atoms with Gasteiger partial charge in [-0.2, -0.15) is 0 Å². The second kappa shape index (κ2) is 14.1. The Kier molecular flexibility index (Phi) is 10.3. The van der Waals surface area contributed by atoms with Gasteiger partial charge in [0.2, 0.25) is 21.8 Å². The van der Waals surface area contributed by atoms with Crippen molar-refractivity contribution in [1.82, 2.24) is 15.5 Å². The average molecular weight is 638 g/mol. The van der Waals surface area contributed by atoms with Crippen LogP contribution in [0.1, 0.15) is 41.0 Å². The lowest BCUT2D eigenvalue weighted by molar-refractivity contribution is -0.137. The molecule has 0 aromatic heterocycles. The van der Waals surface area contributed by atoms with Crippen molar-refractivity contribution in [3.05, 3.63) is 100 Å². The minimum Gasteiger partial charge on any atom is -0.343 e. The summed E-state index contributed by atoms with van der Waals surface area (Å²) in [5, 5.41) is 6.99. The Labute approximate surface area is 264 Å². The van der Waals surface area contributed by atoms with Crippen LogP contribution in [-0.2, 0) is 39.0 Å². The molecule has 0 radical (unpaired) electrons. The van der Waals surface area contributed by atoms with E-state index in [0.717, 1.165) is 16.7 Å². The Bertz CT molecular complexity index is 1570. The molecule has 1 fully saturated rings. The Hall–Kier alpha value is -3.44. The second-order valence-electron chi connectivity index (χ2n) is 11.6. The predicted molar refractivity (Wildman–Crippen MR) is 174 cm³/mol. The van der Waals surface area contributed by atoms with Crippen LogP contribution in [0.25, 0.3) is 0 Å². The highest BCUT2D eigenvalue weighted by Gasteiger charge is 2.33. The fourth-order valence-electron chi connectivity index (χ4n) is 6.24. The molecule has 2 aliphatic rings. The van der Waals surface area contributed by atoms with Crippen LogP contribution in [0.5, 0.6) is 0 Å². The van der Waals surface area contributed by atoms with E-state index in [1.54, 1.807) is 12.1 Å². The zero-order chi connectivity index (χ0) is 31.3. The number of nitrogens with one attached hydrogen (secondary N) is 2. The van der Waals surface area contributed by atoms with Crippen molar-refractivity contribution in [2.75, 3.05) is 36.7 Å². The summed E-state index contributed by atoms with van der Waals surface area (Å²) in [6.45, 7) is 1.99. The van der Waals surface area contributed by atoms with Crippen molar-refractivity contribution >= 4 is 39.1 Å². The molecule has 0 spiro atoms. The van der Waals surface area contributed by atoms with Gasteiger partial charge in [0.05, 0.1) is 18.0 Å². The van der Waals surface area contributed by atoms with Crippen molar-refractivity contribution in [3.63, 3.8) is 0 Å². The van der Waals surface area contributed by atoms with E-state index in [4.69, 9.17) is 17.3 Å². The minimum absolute atomic E-state index is 0.0769. The molecule has 3 aromatic carbocycles. The van der Waals surface area contributed by atoms with Crippen LogP contribution in [0.15, 0.2) is 72.8 Å². The van der Waals surface area contributed by atoms with Crippen LogP contribution in [0, 0.1) is 0 Å². The number of amides is 2. The van der Waals surface area contributed by atoms with Crippen molar-refractivity contribution in [2.24, 2.45) is 5.73 Å². The number of hydrogen-bond donors (Lipinski definition) is 3. The highest BCUT2D eigenvalue weighted by molar-refractivity contribution is 7.92. The molecule has 5 rings (SSSR count). The van der Waals surface area contributed by atoms with E-state index in [0.29, 0.717) is 56.0 Å². The first-order chi connectivity index (χ1) is 21.1. The number of nitrogens with zero attached hydrogens (tertiary/aromatic N) is 2. The van der Waals surface area contributed by atoms with Crippen LogP contribution >= 0.6 is 11.6 Å². The lowest BCUT2D eigenvalue weighted by Gasteiger charge is -2.36. The third-order valence-corrected chi connectivity index (χ3v) is 9.98. The van der Waals surface area contributed by atoms with E-state index in [9.17, 15) is 18.0 Å². The lowest BCUT2D eigenvalue weighted by atomic mass is 9.88.